The van der Waals surface area contributed by atoms with E-state index in [4.69, 9.17) is 9.15 Å². The molecule has 7 nitrogen and oxygen atoms in total. The zero-order valence-corrected chi connectivity index (χ0v) is 18.9. The Morgan fingerprint density at radius 2 is 2.23 bits per heavy atom. The van der Waals surface area contributed by atoms with Crippen molar-refractivity contribution in [2.75, 3.05) is 11.9 Å². The van der Waals surface area contributed by atoms with Gasteiger partial charge in [-0.1, -0.05) is 42.6 Å². The maximum absolute atomic E-state index is 13.9. The van der Waals surface area contributed by atoms with Gasteiger partial charge in [0.15, 0.2) is 4.67 Å². The third kappa shape index (κ3) is 4.45. The number of aromatic nitrogens is 3. The predicted molar refractivity (Wildman–Crippen MR) is 118 cm³/mol. The second kappa shape index (κ2) is 9.11. The van der Waals surface area contributed by atoms with E-state index in [-0.39, 0.29) is 12.4 Å². The molecule has 1 atom stereocenters. The molecule has 2 aromatic heterocycles. The van der Waals surface area contributed by atoms with E-state index >= 15 is 0 Å². The van der Waals surface area contributed by atoms with Crippen molar-refractivity contribution >= 4 is 39.6 Å². The van der Waals surface area contributed by atoms with E-state index in [2.05, 4.69) is 37.9 Å². The van der Waals surface area contributed by atoms with E-state index < -0.39 is 12.0 Å². The SMILES string of the molecule is C=CCOC(=O)C1=C(C)Nc2nc(SCc3ccccc3F)nn2C1c1ccc(Br)o1. The predicted octanol–water partition coefficient (Wildman–Crippen LogP) is 5.08. The molecule has 10 heteroatoms. The first-order valence-electron chi connectivity index (χ1n) is 9.31. The number of anilines is 1. The summed E-state index contributed by atoms with van der Waals surface area (Å²) in [5.74, 6) is 0.527. The molecular weight excluding hydrogens is 487 g/mol. The second-order valence-corrected chi connectivity index (χ2v) is 8.36. The van der Waals surface area contributed by atoms with Crippen molar-refractivity contribution in [1.82, 2.24) is 14.8 Å². The Balaban J connectivity index is 1.67. The number of hydrogen-bond donors (Lipinski definition) is 1. The van der Waals surface area contributed by atoms with E-state index in [9.17, 15) is 9.18 Å². The maximum Gasteiger partial charge on any atom is 0.338 e. The Morgan fingerprint density at radius 3 is 2.94 bits per heavy atom. The van der Waals surface area contributed by atoms with Crippen molar-refractivity contribution < 1.29 is 18.3 Å². The van der Waals surface area contributed by atoms with Gasteiger partial charge in [-0.15, -0.1) is 5.10 Å². The van der Waals surface area contributed by atoms with Gasteiger partial charge in [-0.05, 0) is 46.6 Å². The second-order valence-electron chi connectivity index (χ2n) is 6.64. The topological polar surface area (TPSA) is 82.2 Å². The van der Waals surface area contributed by atoms with Gasteiger partial charge >= 0.3 is 5.97 Å². The molecule has 1 aromatic carbocycles. The molecule has 0 spiro atoms. The van der Waals surface area contributed by atoms with Crippen LogP contribution >= 0.6 is 27.7 Å². The summed E-state index contributed by atoms with van der Waals surface area (Å²) in [4.78, 5) is 17.3. The highest BCUT2D eigenvalue weighted by molar-refractivity contribution is 9.10. The molecule has 1 aliphatic heterocycles. The minimum absolute atomic E-state index is 0.0815. The van der Waals surface area contributed by atoms with Gasteiger partial charge in [0, 0.05) is 11.4 Å². The van der Waals surface area contributed by atoms with Crippen LogP contribution in [0.25, 0.3) is 0 Å². The van der Waals surface area contributed by atoms with Crippen LogP contribution in [0.3, 0.4) is 0 Å². The molecule has 0 radical (unpaired) electrons. The van der Waals surface area contributed by atoms with Gasteiger partial charge < -0.3 is 14.5 Å². The monoisotopic (exact) mass is 504 g/mol. The zero-order chi connectivity index (χ0) is 22.0. The highest BCUT2D eigenvalue weighted by Gasteiger charge is 2.37. The number of furan rings is 1. The molecule has 3 aromatic rings. The van der Waals surface area contributed by atoms with E-state index in [1.807, 2.05) is 0 Å². The Hall–Kier alpha value is -2.85. The summed E-state index contributed by atoms with van der Waals surface area (Å²) in [5, 5.41) is 8.10. The molecule has 0 saturated carbocycles. The van der Waals surface area contributed by atoms with Crippen molar-refractivity contribution in [1.29, 1.82) is 0 Å². The molecular formula is C21H18BrFN4O3S. The van der Waals surface area contributed by atoms with Crippen LogP contribution in [0.4, 0.5) is 10.3 Å². The molecule has 31 heavy (non-hydrogen) atoms. The van der Waals surface area contributed by atoms with Crippen molar-refractivity contribution in [2.45, 2.75) is 23.9 Å². The minimum atomic E-state index is -0.671. The fourth-order valence-corrected chi connectivity index (χ4v) is 4.30. The lowest BCUT2D eigenvalue weighted by atomic mass is 10.0. The molecule has 0 saturated heterocycles. The van der Waals surface area contributed by atoms with Gasteiger partial charge in [0.05, 0.1) is 5.57 Å². The highest BCUT2D eigenvalue weighted by atomic mass is 79.9. The van der Waals surface area contributed by atoms with Crippen LogP contribution in [-0.4, -0.2) is 27.3 Å². The number of ether oxygens (including phenoxy) is 1. The Kier molecular flexibility index (Phi) is 6.28. The molecule has 4 rings (SSSR count). The quantitative estimate of drug-likeness (QED) is 0.272. The normalized spacial score (nSPS) is 15.4. The molecule has 160 valence electrons. The van der Waals surface area contributed by atoms with Crippen molar-refractivity contribution in [2.24, 2.45) is 0 Å². The van der Waals surface area contributed by atoms with Gasteiger partial charge in [-0.3, -0.25) is 0 Å². The molecule has 1 aliphatic rings. The van der Waals surface area contributed by atoms with Gasteiger partial charge in [0.1, 0.15) is 24.2 Å². The lowest BCUT2D eigenvalue weighted by Crippen LogP contribution is -2.29. The summed E-state index contributed by atoms with van der Waals surface area (Å²) in [6, 6.07) is 9.40. The van der Waals surface area contributed by atoms with E-state index in [0.717, 1.165) is 0 Å². The summed E-state index contributed by atoms with van der Waals surface area (Å²) >= 11 is 4.60. The first kappa shape index (κ1) is 21.4. The van der Waals surface area contributed by atoms with Gasteiger partial charge in [-0.25, -0.2) is 13.9 Å². The minimum Gasteiger partial charge on any atom is -0.458 e. The number of rotatable bonds is 7. The van der Waals surface area contributed by atoms with Crippen LogP contribution in [-0.2, 0) is 15.3 Å². The summed E-state index contributed by atoms with van der Waals surface area (Å²) in [6.07, 6.45) is 1.50. The van der Waals surface area contributed by atoms with Crippen molar-refractivity contribution in [3.05, 3.63) is 82.1 Å². The van der Waals surface area contributed by atoms with Crippen LogP contribution in [0.15, 0.2) is 74.6 Å². The van der Waals surface area contributed by atoms with E-state index in [1.165, 1.54) is 23.9 Å². The highest BCUT2D eigenvalue weighted by Crippen LogP contribution is 2.38. The van der Waals surface area contributed by atoms with Crippen LogP contribution < -0.4 is 5.32 Å². The number of carbonyl (C=O) groups excluding carboxylic acids is 1. The summed E-state index contributed by atoms with van der Waals surface area (Å²) in [7, 11) is 0. The number of esters is 1. The fraction of sp³-hybridized carbons (Fsp3) is 0.190. The van der Waals surface area contributed by atoms with Crippen LogP contribution in [0.2, 0.25) is 0 Å². The first-order chi connectivity index (χ1) is 15.0. The molecule has 0 aliphatic carbocycles. The Labute approximate surface area is 190 Å². The molecule has 1 N–H and O–H groups in total. The number of hydrogen-bond acceptors (Lipinski definition) is 7. The molecule has 1 unspecified atom stereocenters. The number of allylic oxidation sites excluding steroid dienone is 1. The van der Waals surface area contributed by atoms with E-state index in [0.29, 0.717) is 44.1 Å². The van der Waals surface area contributed by atoms with Gasteiger partial charge in [0.2, 0.25) is 11.1 Å². The number of benzene rings is 1. The summed E-state index contributed by atoms with van der Waals surface area (Å²) < 4.78 is 27.1. The lowest BCUT2D eigenvalue weighted by molar-refractivity contribution is -0.138. The number of fused-ring (bicyclic) bond motifs is 1. The molecule has 0 bridgehead atoms. The number of thioether (sulfide) groups is 1. The third-order valence-corrected chi connectivity index (χ3v) is 5.88. The van der Waals surface area contributed by atoms with Crippen LogP contribution in [0, 0.1) is 5.82 Å². The van der Waals surface area contributed by atoms with Crippen LogP contribution in [0.1, 0.15) is 24.3 Å². The number of nitrogens with zero attached hydrogens (tertiary/aromatic N) is 3. The first-order valence-corrected chi connectivity index (χ1v) is 11.1. The number of nitrogens with one attached hydrogen (secondary N) is 1. The number of halogens is 2. The van der Waals surface area contributed by atoms with Gasteiger partial charge in [-0.2, -0.15) is 4.98 Å². The number of carbonyl (C=O) groups is 1. The average Bonchev–Trinajstić information content (AvgIpc) is 3.36. The van der Waals surface area contributed by atoms with Crippen molar-refractivity contribution in [3.63, 3.8) is 0 Å². The van der Waals surface area contributed by atoms with Crippen LogP contribution in [0.5, 0.6) is 0 Å². The average molecular weight is 505 g/mol. The maximum atomic E-state index is 13.9. The Morgan fingerprint density at radius 1 is 1.42 bits per heavy atom. The fourth-order valence-electron chi connectivity index (χ4n) is 3.17. The largest absolute Gasteiger partial charge is 0.458 e. The zero-order valence-electron chi connectivity index (χ0n) is 16.5. The standard InChI is InChI=1S/C21H18BrFN4O3S/c1-3-10-29-19(28)17-12(2)24-20-25-21(31-11-13-6-4-5-7-14(13)23)26-27(20)18(17)15-8-9-16(22)30-15/h3-9,18H,1,10-11H2,2H3,(H,24,25,26). The summed E-state index contributed by atoms with van der Waals surface area (Å²) in [5.41, 5.74) is 1.49. The molecule has 0 fully saturated rings. The molecule has 0 amide bonds. The van der Waals surface area contributed by atoms with Gasteiger partial charge in [0.25, 0.3) is 0 Å². The smallest absolute Gasteiger partial charge is 0.338 e. The summed E-state index contributed by atoms with van der Waals surface area (Å²) in [6.45, 7) is 5.42. The molecule has 3 heterocycles. The Bertz CT molecular complexity index is 1170. The van der Waals surface area contributed by atoms with Crippen molar-refractivity contribution in [3.8, 4) is 0 Å². The third-order valence-electron chi connectivity index (χ3n) is 4.56. The lowest BCUT2D eigenvalue weighted by Gasteiger charge is -2.26. The van der Waals surface area contributed by atoms with E-state index in [1.54, 1.807) is 41.9 Å².